The van der Waals surface area contributed by atoms with Crippen molar-refractivity contribution in [2.24, 2.45) is 7.05 Å². The van der Waals surface area contributed by atoms with E-state index in [4.69, 9.17) is 0 Å². The van der Waals surface area contributed by atoms with Crippen LogP contribution in [-0.4, -0.2) is 20.7 Å². The van der Waals surface area contributed by atoms with Crippen LogP contribution in [0, 0.1) is 0 Å². The fourth-order valence-electron chi connectivity index (χ4n) is 1.58. The number of aryl methyl sites for hydroxylation is 2. The van der Waals surface area contributed by atoms with Gasteiger partial charge in [-0.1, -0.05) is 6.92 Å². The van der Waals surface area contributed by atoms with Gasteiger partial charge < -0.3 is 5.32 Å². The lowest BCUT2D eigenvalue weighted by Gasteiger charge is -2.01. The Hall–Kier alpha value is -1.69. The number of nitrogens with one attached hydrogen (secondary N) is 1. The second-order valence-corrected chi connectivity index (χ2v) is 5.00. The highest BCUT2D eigenvalue weighted by atomic mass is 32.1. The average molecular weight is 264 g/mol. The van der Waals surface area contributed by atoms with Crippen molar-refractivity contribution in [2.45, 2.75) is 26.3 Å². The van der Waals surface area contributed by atoms with Crippen LogP contribution in [0.2, 0.25) is 0 Å². The first kappa shape index (κ1) is 12.8. The van der Waals surface area contributed by atoms with Gasteiger partial charge in [0.05, 0.1) is 23.3 Å². The molecule has 0 aliphatic heterocycles. The summed E-state index contributed by atoms with van der Waals surface area (Å²) in [4.78, 5) is 16.1. The molecule has 2 heterocycles. The summed E-state index contributed by atoms with van der Waals surface area (Å²) in [6.07, 6.45) is 4.90. The summed E-state index contributed by atoms with van der Waals surface area (Å²) in [5, 5.41) is 9.93. The maximum atomic E-state index is 11.7. The molecule has 0 radical (unpaired) electrons. The molecule has 1 N–H and O–H groups in total. The molecule has 0 atom stereocenters. The zero-order chi connectivity index (χ0) is 13.0. The second-order valence-electron chi connectivity index (χ2n) is 4.06. The van der Waals surface area contributed by atoms with Crippen LogP contribution in [0.1, 0.15) is 23.2 Å². The zero-order valence-electron chi connectivity index (χ0n) is 10.5. The predicted molar refractivity (Wildman–Crippen MR) is 70.3 cm³/mol. The highest BCUT2D eigenvalue weighted by molar-refractivity contribution is 7.09. The van der Waals surface area contributed by atoms with Gasteiger partial charge in [-0.2, -0.15) is 5.10 Å². The molecule has 5 nitrogen and oxygen atoms in total. The van der Waals surface area contributed by atoms with Crippen molar-refractivity contribution in [3.05, 3.63) is 34.0 Å². The lowest BCUT2D eigenvalue weighted by molar-refractivity contribution is -0.120. The van der Waals surface area contributed by atoms with E-state index in [1.165, 1.54) is 0 Å². The SMILES string of the molecule is CCc1nc(CC(=O)NCc2cnn(C)c2)cs1. The fourth-order valence-corrected chi connectivity index (χ4v) is 2.33. The molecule has 2 aromatic rings. The zero-order valence-corrected chi connectivity index (χ0v) is 11.3. The van der Waals surface area contributed by atoms with E-state index >= 15 is 0 Å². The van der Waals surface area contributed by atoms with Gasteiger partial charge in [0, 0.05) is 30.7 Å². The molecule has 0 aliphatic carbocycles. The van der Waals surface area contributed by atoms with E-state index in [0.29, 0.717) is 13.0 Å². The normalized spacial score (nSPS) is 10.6. The Morgan fingerprint density at radius 2 is 2.39 bits per heavy atom. The number of hydrogen-bond acceptors (Lipinski definition) is 4. The molecule has 0 bridgehead atoms. The number of amides is 1. The number of carbonyl (C=O) groups excluding carboxylic acids is 1. The first-order chi connectivity index (χ1) is 8.67. The average Bonchev–Trinajstić information content (AvgIpc) is 2.95. The smallest absolute Gasteiger partial charge is 0.226 e. The molecule has 18 heavy (non-hydrogen) atoms. The van der Waals surface area contributed by atoms with Crippen molar-refractivity contribution in [3.8, 4) is 0 Å². The molecule has 6 heteroatoms. The lowest BCUT2D eigenvalue weighted by Crippen LogP contribution is -2.24. The summed E-state index contributed by atoms with van der Waals surface area (Å²) < 4.78 is 1.72. The first-order valence-electron chi connectivity index (χ1n) is 5.85. The topological polar surface area (TPSA) is 59.8 Å². The van der Waals surface area contributed by atoms with Crippen molar-refractivity contribution < 1.29 is 4.79 Å². The van der Waals surface area contributed by atoms with Crippen LogP contribution in [-0.2, 0) is 31.2 Å². The quantitative estimate of drug-likeness (QED) is 0.885. The lowest BCUT2D eigenvalue weighted by atomic mass is 10.3. The van der Waals surface area contributed by atoms with Gasteiger partial charge in [0.15, 0.2) is 0 Å². The van der Waals surface area contributed by atoms with Gasteiger partial charge in [0.25, 0.3) is 0 Å². The van der Waals surface area contributed by atoms with Crippen molar-refractivity contribution in [1.29, 1.82) is 0 Å². The first-order valence-corrected chi connectivity index (χ1v) is 6.73. The molecule has 2 aromatic heterocycles. The highest BCUT2D eigenvalue weighted by Crippen LogP contribution is 2.10. The summed E-state index contributed by atoms with van der Waals surface area (Å²) in [6, 6.07) is 0. The molecule has 96 valence electrons. The third kappa shape index (κ3) is 3.40. The monoisotopic (exact) mass is 264 g/mol. The van der Waals surface area contributed by atoms with Gasteiger partial charge in [-0.05, 0) is 6.42 Å². The highest BCUT2D eigenvalue weighted by Gasteiger charge is 2.07. The third-order valence-electron chi connectivity index (χ3n) is 2.49. The third-order valence-corrected chi connectivity index (χ3v) is 3.53. The van der Waals surface area contributed by atoms with E-state index < -0.39 is 0 Å². The van der Waals surface area contributed by atoms with Crippen molar-refractivity contribution in [3.63, 3.8) is 0 Å². The molecule has 1 amide bonds. The van der Waals surface area contributed by atoms with Crippen LogP contribution in [0.25, 0.3) is 0 Å². The van der Waals surface area contributed by atoms with Gasteiger partial charge in [0.2, 0.25) is 5.91 Å². The van der Waals surface area contributed by atoms with E-state index in [1.807, 2.05) is 18.6 Å². The number of nitrogens with zero attached hydrogens (tertiary/aromatic N) is 3. The maximum Gasteiger partial charge on any atom is 0.226 e. The largest absolute Gasteiger partial charge is 0.352 e. The molecule has 0 spiro atoms. The number of rotatable bonds is 5. The molecule has 0 fully saturated rings. The molecule has 0 aliphatic rings. The summed E-state index contributed by atoms with van der Waals surface area (Å²) >= 11 is 1.60. The van der Waals surface area contributed by atoms with Gasteiger partial charge in [-0.3, -0.25) is 9.48 Å². The van der Waals surface area contributed by atoms with Crippen LogP contribution < -0.4 is 5.32 Å². The summed E-state index contributed by atoms with van der Waals surface area (Å²) in [6.45, 7) is 2.57. The van der Waals surface area contributed by atoms with E-state index in [2.05, 4.69) is 22.3 Å². The van der Waals surface area contributed by atoms with E-state index in [9.17, 15) is 4.79 Å². The summed E-state index contributed by atoms with van der Waals surface area (Å²) in [7, 11) is 1.85. The maximum absolute atomic E-state index is 11.7. The summed E-state index contributed by atoms with van der Waals surface area (Å²) in [5.41, 5.74) is 1.85. The van der Waals surface area contributed by atoms with Crippen molar-refractivity contribution in [2.75, 3.05) is 0 Å². The standard InChI is InChI=1S/C12H16N4OS/c1-3-12-15-10(8-18-12)4-11(17)13-5-9-6-14-16(2)7-9/h6-8H,3-5H2,1-2H3,(H,13,17). The second kappa shape index (κ2) is 5.77. The van der Waals surface area contributed by atoms with Crippen molar-refractivity contribution in [1.82, 2.24) is 20.1 Å². The van der Waals surface area contributed by atoms with Gasteiger partial charge in [-0.25, -0.2) is 4.98 Å². The minimum absolute atomic E-state index is 0.00759. The Morgan fingerprint density at radius 3 is 3.00 bits per heavy atom. The van der Waals surface area contributed by atoms with Crippen molar-refractivity contribution >= 4 is 17.2 Å². The Balaban J connectivity index is 1.81. The van der Waals surface area contributed by atoms with Crippen LogP contribution >= 0.6 is 11.3 Å². The Kier molecular flexibility index (Phi) is 4.09. The van der Waals surface area contributed by atoms with Gasteiger partial charge >= 0.3 is 0 Å². The fraction of sp³-hybridized carbons (Fsp3) is 0.417. The summed E-state index contributed by atoms with van der Waals surface area (Å²) in [5.74, 6) is -0.00759. The Labute approximate surface area is 110 Å². The number of hydrogen-bond donors (Lipinski definition) is 1. The predicted octanol–water partition coefficient (Wildman–Crippen LogP) is 1.30. The van der Waals surface area contributed by atoms with Crippen LogP contribution in [0.4, 0.5) is 0 Å². The van der Waals surface area contributed by atoms with E-state index in [1.54, 1.807) is 22.2 Å². The minimum atomic E-state index is -0.00759. The number of aromatic nitrogens is 3. The van der Waals surface area contributed by atoms with Gasteiger partial charge in [0.1, 0.15) is 0 Å². The van der Waals surface area contributed by atoms with E-state index in [0.717, 1.165) is 22.7 Å². The van der Waals surface area contributed by atoms with Crippen LogP contribution in [0.3, 0.4) is 0 Å². The molecule has 0 unspecified atom stereocenters. The Bertz CT molecular complexity index is 532. The van der Waals surface area contributed by atoms with Gasteiger partial charge in [-0.15, -0.1) is 11.3 Å². The molecular formula is C12H16N4OS. The number of thiazole rings is 1. The Morgan fingerprint density at radius 1 is 1.56 bits per heavy atom. The van der Waals surface area contributed by atoms with Crippen LogP contribution in [0.5, 0.6) is 0 Å². The molecule has 2 rings (SSSR count). The number of carbonyl (C=O) groups is 1. The molecular weight excluding hydrogens is 248 g/mol. The minimum Gasteiger partial charge on any atom is -0.352 e. The molecule has 0 saturated heterocycles. The molecule has 0 aromatic carbocycles. The van der Waals surface area contributed by atoms with Crippen LogP contribution in [0.15, 0.2) is 17.8 Å². The molecule has 0 saturated carbocycles. The van der Waals surface area contributed by atoms with E-state index in [-0.39, 0.29) is 5.91 Å².